The van der Waals surface area contributed by atoms with Crippen LogP contribution < -0.4 is 4.90 Å². The van der Waals surface area contributed by atoms with Crippen LogP contribution in [0.2, 0.25) is 0 Å². The van der Waals surface area contributed by atoms with Gasteiger partial charge in [0, 0.05) is 44.8 Å². The van der Waals surface area contributed by atoms with Gasteiger partial charge >= 0.3 is 0 Å². The van der Waals surface area contributed by atoms with Crippen LogP contribution in [0.3, 0.4) is 0 Å². The molecule has 1 aliphatic heterocycles. The first-order valence-electron chi connectivity index (χ1n) is 13.8. The van der Waals surface area contributed by atoms with Crippen LogP contribution >= 0.6 is 0 Å². The maximum absolute atomic E-state index is 13.9. The number of hydrogen-bond donors (Lipinski definition) is 0. The quantitative estimate of drug-likeness (QED) is 0.375. The molecule has 206 valence electrons. The summed E-state index contributed by atoms with van der Waals surface area (Å²) in [6.07, 6.45) is 0.732. The van der Waals surface area contributed by atoms with E-state index in [1.807, 2.05) is 48.9 Å². The summed E-state index contributed by atoms with van der Waals surface area (Å²) in [6, 6.07) is 17.5. The topological polar surface area (TPSA) is 61.7 Å². The summed E-state index contributed by atoms with van der Waals surface area (Å²) in [7, 11) is -3.69. The van der Waals surface area contributed by atoms with Crippen LogP contribution in [-0.4, -0.2) is 66.7 Å². The molecule has 0 radical (unpaired) electrons. The minimum atomic E-state index is -3.69. The Kier molecular flexibility index (Phi) is 8.65. The zero-order valence-corrected chi connectivity index (χ0v) is 24.6. The molecule has 1 saturated heterocycles. The molecule has 1 aromatic heterocycles. The maximum atomic E-state index is 13.9. The van der Waals surface area contributed by atoms with E-state index in [2.05, 4.69) is 49.6 Å². The number of hydrogen-bond acceptors (Lipinski definition) is 5. The summed E-state index contributed by atoms with van der Waals surface area (Å²) in [4.78, 5) is 5.16. The first-order chi connectivity index (χ1) is 18.1. The molecule has 0 aliphatic carbocycles. The van der Waals surface area contributed by atoms with Gasteiger partial charge in [-0.25, -0.2) is 13.1 Å². The summed E-state index contributed by atoms with van der Waals surface area (Å²) in [6.45, 7) is 18.1. The van der Waals surface area contributed by atoms with Gasteiger partial charge in [-0.05, 0) is 55.1 Å². The molecular formula is C30H43N5O2S. The van der Waals surface area contributed by atoms with Crippen molar-refractivity contribution in [3.63, 3.8) is 0 Å². The summed E-state index contributed by atoms with van der Waals surface area (Å²) in [5.41, 5.74) is 3.90. The van der Waals surface area contributed by atoms with Gasteiger partial charge in [0.2, 0.25) is 10.0 Å². The van der Waals surface area contributed by atoms with Crippen molar-refractivity contribution in [2.45, 2.75) is 64.8 Å². The highest BCUT2D eigenvalue weighted by Crippen LogP contribution is 2.32. The van der Waals surface area contributed by atoms with Gasteiger partial charge in [-0.3, -0.25) is 0 Å². The lowest BCUT2D eigenvalue weighted by atomic mass is 9.87. The number of benzene rings is 2. The van der Waals surface area contributed by atoms with E-state index in [-0.39, 0.29) is 5.41 Å². The highest BCUT2D eigenvalue weighted by atomic mass is 32.2. The number of para-hydroxylation sites is 1. The average molecular weight is 538 g/mol. The molecule has 0 unspecified atom stereocenters. The fourth-order valence-corrected chi connectivity index (χ4v) is 6.57. The molecule has 0 bridgehead atoms. The van der Waals surface area contributed by atoms with Crippen molar-refractivity contribution in [3.05, 3.63) is 71.4 Å². The van der Waals surface area contributed by atoms with Gasteiger partial charge in [-0.2, -0.15) is 9.40 Å². The number of nitrogens with zero attached hydrogens (tertiary/aromatic N) is 5. The van der Waals surface area contributed by atoms with Crippen molar-refractivity contribution in [1.29, 1.82) is 0 Å². The summed E-state index contributed by atoms with van der Waals surface area (Å²) >= 11 is 0. The lowest BCUT2D eigenvalue weighted by molar-refractivity contribution is 0.269. The Morgan fingerprint density at radius 1 is 0.921 bits per heavy atom. The average Bonchev–Trinajstić information content (AvgIpc) is 3.24. The maximum Gasteiger partial charge on any atom is 0.243 e. The number of anilines is 1. The molecule has 0 saturated carbocycles. The standard InChI is InChI=1S/C30H43N5O2S/c1-7-18-34(38(36,37)27-16-14-25(15-17-27)30(4,5)6)23-28-24(3)31-35(26-12-10-9-11-13-26)29(28)33-21-19-32(8-2)20-22-33/h9-17H,7-8,18-23H2,1-6H3. The highest BCUT2D eigenvalue weighted by molar-refractivity contribution is 7.89. The SMILES string of the molecule is CCCN(Cc1c(C)nn(-c2ccccc2)c1N1CCN(CC)CC1)S(=O)(=O)c1ccc(C(C)(C)C)cc1. The number of aromatic nitrogens is 2. The van der Waals surface area contributed by atoms with Gasteiger partial charge in [-0.15, -0.1) is 0 Å². The minimum absolute atomic E-state index is 0.0365. The second-order valence-electron chi connectivity index (χ2n) is 11.2. The first-order valence-corrected chi connectivity index (χ1v) is 15.2. The molecule has 7 nitrogen and oxygen atoms in total. The Morgan fingerprint density at radius 2 is 1.55 bits per heavy atom. The molecule has 0 spiro atoms. The molecule has 1 fully saturated rings. The van der Waals surface area contributed by atoms with E-state index in [4.69, 9.17) is 5.10 Å². The third kappa shape index (κ3) is 5.98. The zero-order valence-electron chi connectivity index (χ0n) is 23.8. The Balaban J connectivity index is 1.74. The van der Waals surface area contributed by atoms with Crippen molar-refractivity contribution >= 4 is 15.8 Å². The van der Waals surface area contributed by atoms with Crippen molar-refractivity contribution in [3.8, 4) is 5.69 Å². The monoisotopic (exact) mass is 537 g/mol. The number of aryl methyl sites for hydroxylation is 1. The van der Waals surface area contributed by atoms with Crippen molar-refractivity contribution in [1.82, 2.24) is 19.0 Å². The number of sulfonamides is 1. The molecular weight excluding hydrogens is 494 g/mol. The van der Waals surface area contributed by atoms with Crippen LogP contribution in [0.15, 0.2) is 59.5 Å². The summed E-state index contributed by atoms with van der Waals surface area (Å²) in [5.74, 6) is 1.00. The minimum Gasteiger partial charge on any atom is -0.354 e. The molecule has 0 N–H and O–H groups in total. The lowest BCUT2D eigenvalue weighted by Gasteiger charge is -2.36. The van der Waals surface area contributed by atoms with Gasteiger partial charge < -0.3 is 9.80 Å². The molecule has 2 aromatic carbocycles. The van der Waals surface area contributed by atoms with Crippen LogP contribution in [0, 0.1) is 6.92 Å². The fourth-order valence-electron chi connectivity index (χ4n) is 5.07. The van der Waals surface area contributed by atoms with Gasteiger partial charge in [0.25, 0.3) is 0 Å². The van der Waals surface area contributed by atoms with Crippen LogP contribution in [0.5, 0.6) is 0 Å². The Morgan fingerprint density at radius 3 is 2.11 bits per heavy atom. The highest BCUT2D eigenvalue weighted by Gasteiger charge is 2.30. The van der Waals surface area contributed by atoms with E-state index in [9.17, 15) is 8.42 Å². The number of rotatable bonds is 9. The van der Waals surface area contributed by atoms with E-state index < -0.39 is 10.0 Å². The van der Waals surface area contributed by atoms with Gasteiger partial charge in [0.15, 0.2) is 0 Å². The smallest absolute Gasteiger partial charge is 0.243 e. The Labute approximate surface area is 229 Å². The van der Waals surface area contributed by atoms with Gasteiger partial charge in [0.1, 0.15) is 5.82 Å². The van der Waals surface area contributed by atoms with Gasteiger partial charge in [-0.1, -0.05) is 65.0 Å². The molecule has 8 heteroatoms. The predicted octanol–water partition coefficient (Wildman–Crippen LogP) is 5.22. The van der Waals surface area contributed by atoms with Crippen LogP contribution in [0.4, 0.5) is 5.82 Å². The molecule has 0 amide bonds. The largest absolute Gasteiger partial charge is 0.354 e. The third-order valence-corrected chi connectivity index (χ3v) is 9.30. The molecule has 1 aliphatic rings. The van der Waals surface area contributed by atoms with Crippen molar-refractivity contribution < 1.29 is 8.42 Å². The second-order valence-corrected chi connectivity index (χ2v) is 13.1. The van der Waals surface area contributed by atoms with E-state index in [0.717, 1.165) is 67.5 Å². The molecule has 4 rings (SSSR count). The summed E-state index contributed by atoms with van der Waals surface area (Å²) in [5, 5.41) is 4.94. The van der Waals surface area contributed by atoms with E-state index in [1.54, 1.807) is 16.4 Å². The van der Waals surface area contributed by atoms with Crippen LogP contribution in [0.25, 0.3) is 5.69 Å². The fraction of sp³-hybridized carbons (Fsp3) is 0.500. The van der Waals surface area contributed by atoms with Crippen molar-refractivity contribution in [2.24, 2.45) is 0 Å². The van der Waals surface area contributed by atoms with Gasteiger partial charge in [0.05, 0.1) is 16.3 Å². The van der Waals surface area contributed by atoms with Crippen LogP contribution in [-0.2, 0) is 22.0 Å². The summed E-state index contributed by atoms with van der Waals surface area (Å²) < 4.78 is 31.5. The lowest BCUT2D eigenvalue weighted by Crippen LogP contribution is -2.47. The zero-order chi connectivity index (χ0) is 27.5. The van der Waals surface area contributed by atoms with E-state index >= 15 is 0 Å². The molecule has 2 heterocycles. The van der Waals surface area contributed by atoms with E-state index in [1.165, 1.54) is 0 Å². The molecule has 3 aromatic rings. The van der Waals surface area contributed by atoms with Crippen LogP contribution in [0.1, 0.15) is 57.9 Å². The Bertz CT molecular complexity index is 1300. The number of piperazine rings is 1. The third-order valence-electron chi connectivity index (χ3n) is 7.44. The number of likely N-dealkylation sites (N-methyl/N-ethyl adjacent to an activating group) is 1. The molecule has 38 heavy (non-hydrogen) atoms. The normalized spacial score (nSPS) is 15.4. The van der Waals surface area contributed by atoms with Crippen molar-refractivity contribution in [2.75, 3.05) is 44.2 Å². The predicted molar refractivity (Wildman–Crippen MR) is 156 cm³/mol. The molecule has 0 atom stereocenters. The van der Waals surface area contributed by atoms with E-state index in [0.29, 0.717) is 18.0 Å². The Hall–Kier alpha value is -2.68. The second kappa shape index (κ2) is 11.6. The first kappa shape index (κ1) is 28.3.